The van der Waals surface area contributed by atoms with E-state index in [2.05, 4.69) is 39.9 Å². The van der Waals surface area contributed by atoms with Crippen LogP contribution in [0.4, 0.5) is 17.2 Å². The fourth-order valence-corrected chi connectivity index (χ4v) is 4.01. The lowest BCUT2D eigenvalue weighted by Gasteiger charge is -2.41. The number of hydrogen-bond donors (Lipinski definition) is 0. The summed E-state index contributed by atoms with van der Waals surface area (Å²) in [6, 6.07) is 12.5. The summed E-state index contributed by atoms with van der Waals surface area (Å²) in [6.07, 6.45) is 1.97. The van der Waals surface area contributed by atoms with E-state index in [0.717, 1.165) is 56.6 Å². The van der Waals surface area contributed by atoms with Crippen molar-refractivity contribution < 1.29 is 9.53 Å². The van der Waals surface area contributed by atoms with Crippen molar-refractivity contribution in [2.45, 2.75) is 26.4 Å². The van der Waals surface area contributed by atoms with Crippen LogP contribution in [0.1, 0.15) is 19.4 Å². The van der Waals surface area contributed by atoms with Crippen molar-refractivity contribution in [3.05, 3.63) is 48.2 Å². The molecule has 2 aromatic rings. The number of rotatable bonds is 3. The number of benzene rings is 1. The third kappa shape index (κ3) is 3.62. The molecule has 0 N–H and O–H groups in total. The number of carbonyl (C=O) groups excluding carboxylic acids is 1. The molecule has 3 heterocycles. The summed E-state index contributed by atoms with van der Waals surface area (Å²) in [5.74, 6) is 1.10. The van der Waals surface area contributed by atoms with Gasteiger partial charge in [0.1, 0.15) is 5.82 Å². The van der Waals surface area contributed by atoms with Gasteiger partial charge in [0.25, 0.3) is 0 Å². The molecule has 1 aromatic heterocycles. The summed E-state index contributed by atoms with van der Waals surface area (Å²) in [7, 11) is 0. The first-order valence-corrected chi connectivity index (χ1v) is 9.55. The van der Waals surface area contributed by atoms with Crippen LogP contribution in [0, 0.1) is 0 Å². The van der Waals surface area contributed by atoms with Gasteiger partial charge in [-0.1, -0.05) is 18.2 Å². The van der Waals surface area contributed by atoms with E-state index in [0.29, 0.717) is 0 Å². The number of morpholine rings is 1. The van der Waals surface area contributed by atoms with Gasteiger partial charge in [-0.15, -0.1) is 0 Å². The fourth-order valence-electron chi connectivity index (χ4n) is 4.01. The van der Waals surface area contributed by atoms with E-state index in [1.807, 2.05) is 29.3 Å². The molecule has 0 radical (unpaired) electrons. The predicted octanol–water partition coefficient (Wildman–Crippen LogP) is 2.68. The van der Waals surface area contributed by atoms with Crippen LogP contribution in [0.5, 0.6) is 0 Å². The normalized spacial score (nSPS) is 19.8. The van der Waals surface area contributed by atoms with Crippen LogP contribution in [0.3, 0.4) is 0 Å². The predicted molar refractivity (Wildman–Crippen MR) is 107 cm³/mol. The molecule has 0 spiro atoms. The van der Waals surface area contributed by atoms with Crippen LogP contribution in [0.25, 0.3) is 0 Å². The van der Waals surface area contributed by atoms with Gasteiger partial charge in [0, 0.05) is 39.3 Å². The Bertz CT molecular complexity index is 802. The molecule has 2 aliphatic heterocycles. The van der Waals surface area contributed by atoms with E-state index < -0.39 is 0 Å². The van der Waals surface area contributed by atoms with E-state index in [1.165, 1.54) is 5.56 Å². The number of anilines is 3. The third-order valence-corrected chi connectivity index (χ3v) is 5.26. The van der Waals surface area contributed by atoms with Crippen molar-refractivity contribution in [2.75, 3.05) is 47.5 Å². The molecule has 4 rings (SSSR count). The highest BCUT2D eigenvalue weighted by Gasteiger charge is 2.30. The molecule has 0 saturated carbocycles. The zero-order valence-electron chi connectivity index (χ0n) is 16.0. The van der Waals surface area contributed by atoms with Gasteiger partial charge >= 0.3 is 0 Å². The van der Waals surface area contributed by atoms with E-state index in [1.54, 1.807) is 6.92 Å². The number of aromatic nitrogens is 1. The summed E-state index contributed by atoms with van der Waals surface area (Å²) >= 11 is 0. The summed E-state index contributed by atoms with van der Waals surface area (Å²) in [4.78, 5) is 23.3. The van der Waals surface area contributed by atoms with Crippen molar-refractivity contribution in [2.24, 2.45) is 0 Å². The smallest absolute Gasteiger partial charge is 0.224 e. The Morgan fingerprint density at radius 1 is 1.15 bits per heavy atom. The van der Waals surface area contributed by atoms with E-state index in [9.17, 15) is 4.79 Å². The van der Waals surface area contributed by atoms with E-state index in [4.69, 9.17) is 4.74 Å². The average molecular weight is 366 g/mol. The van der Waals surface area contributed by atoms with Crippen LogP contribution < -0.4 is 14.7 Å². The van der Waals surface area contributed by atoms with Crippen LogP contribution in [-0.2, 0) is 16.1 Å². The highest BCUT2D eigenvalue weighted by Crippen LogP contribution is 2.36. The van der Waals surface area contributed by atoms with Gasteiger partial charge in [0.2, 0.25) is 5.91 Å². The summed E-state index contributed by atoms with van der Waals surface area (Å²) in [6.45, 7) is 8.64. The minimum Gasteiger partial charge on any atom is -0.378 e. The fraction of sp³-hybridized carbons (Fsp3) is 0.429. The Morgan fingerprint density at radius 3 is 2.56 bits per heavy atom. The van der Waals surface area contributed by atoms with Crippen molar-refractivity contribution in [1.29, 1.82) is 0 Å². The molecule has 1 saturated heterocycles. The van der Waals surface area contributed by atoms with Gasteiger partial charge in [-0.3, -0.25) is 4.79 Å². The minimum atomic E-state index is 0.0890. The Kier molecular flexibility index (Phi) is 4.99. The van der Waals surface area contributed by atoms with Crippen molar-refractivity contribution in [3.8, 4) is 0 Å². The van der Waals surface area contributed by atoms with Gasteiger partial charge in [-0.2, -0.15) is 0 Å². The molecule has 6 nitrogen and oxygen atoms in total. The first-order valence-electron chi connectivity index (χ1n) is 9.55. The Labute approximate surface area is 160 Å². The molecule has 6 heteroatoms. The lowest BCUT2D eigenvalue weighted by Crippen LogP contribution is -2.49. The molecule has 142 valence electrons. The third-order valence-electron chi connectivity index (χ3n) is 5.26. The maximum Gasteiger partial charge on any atom is 0.224 e. The lowest BCUT2D eigenvalue weighted by atomic mass is 10.1. The van der Waals surface area contributed by atoms with Crippen LogP contribution >= 0.6 is 0 Å². The number of amides is 1. The number of hydrogen-bond acceptors (Lipinski definition) is 5. The molecule has 1 amide bonds. The lowest BCUT2D eigenvalue weighted by molar-refractivity contribution is -0.117. The zero-order valence-corrected chi connectivity index (χ0v) is 16.0. The summed E-state index contributed by atoms with van der Waals surface area (Å²) in [5, 5.41) is 0. The summed E-state index contributed by atoms with van der Waals surface area (Å²) in [5.41, 5.74) is 3.26. The molecule has 2 aliphatic rings. The minimum absolute atomic E-state index is 0.0890. The molecule has 1 atom stereocenters. The van der Waals surface area contributed by atoms with Gasteiger partial charge in [-0.25, -0.2) is 4.98 Å². The highest BCUT2D eigenvalue weighted by molar-refractivity contribution is 5.97. The number of pyridine rings is 1. The molecule has 1 aromatic carbocycles. The van der Waals surface area contributed by atoms with Crippen LogP contribution in [-0.4, -0.2) is 49.8 Å². The standard InChI is InChI=1S/C21H26N4O2/c1-16-14-24(19-5-3-4-6-20(19)25(16)17(2)26)15-18-7-8-21(22-13-18)23-9-11-27-12-10-23/h3-8,13,16H,9-12,14-15H2,1-2H3/t16-/m0/s1. The second kappa shape index (κ2) is 7.56. The Hall–Kier alpha value is -2.60. The average Bonchev–Trinajstić information content (AvgIpc) is 2.69. The van der Waals surface area contributed by atoms with E-state index in [-0.39, 0.29) is 11.9 Å². The monoisotopic (exact) mass is 366 g/mol. The topological polar surface area (TPSA) is 48.9 Å². The Balaban J connectivity index is 1.53. The number of nitrogens with zero attached hydrogens (tertiary/aromatic N) is 4. The molecule has 27 heavy (non-hydrogen) atoms. The van der Waals surface area contributed by atoms with Gasteiger partial charge in [-0.05, 0) is 30.7 Å². The highest BCUT2D eigenvalue weighted by atomic mass is 16.5. The SMILES string of the molecule is CC(=O)N1c2ccccc2N(Cc2ccc(N3CCOCC3)nc2)C[C@@H]1C. The maximum absolute atomic E-state index is 12.1. The summed E-state index contributed by atoms with van der Waals surface area (Å²) < 4.78 is 5.41. The number of para-hydroxylation sites is 2. The maximum atomic E-state index is 12.1. The molecular weight excluding hydrogens is 340 g/mol. The number of fused-ring (bicyclic) bond motifs is 1. The second-order valence-electron chi connectivity index (χ2n) is 7.23. The van der Waals surface area contributed by atoms with E-state index >= 15 is 0 Å². The molecule has 0 unspecified atom stereocenters. The first-order chi connectivity index (χ1) is 13.1. The molecule has 1 fully saturated rings. The molecule has 0 bridgehead atoms. The number of ether oxygens (including phenoxy) is 1. The largest absolute Gasteiger partial charge is 0.378 e. The van der Waals surface area contributed by atoms with Gasteiger partial charge in [0.15, 0.2) is 0 Å². The Morgan fingerprint density at radius 2 is 1.89 bits per heavy atom. The number of carbonyl (C=O) groups is 1. The first kappa shape index (κ1) is 17.8. The quantitative estimate of drug-likeness (QED) is 0.836. The molecular formula is C21H26N4O2. The van der Waals surface area contributed by atoms with Crippen molar-refractivity contribution in [1.82, 2.24) is 4.98 Å². The van der Waals surface area contributed by atoms with Crippen molar-refractivity contribution in [3.63, 3.8) is 0 Å². The zero-order chi connectivity index (χ0) is 18.8. The van der Waals surface area contributed by atoms with Crippen molar-refractivity contribution >= 4 is 23.1 Å². The second-order valence-corrected chi connectivity index (χ2v) is 7.23. The van der Waals surface area contributed by atoms with Crippen LogP contribution in [0.2, 0.25) is 0 Å². The van der Waals surface area contributed by atoms with Gasteiger partial charge in [0.05, 0.1) is 30.6 Å². The molecule has 0 aliphatic carbocycles. The van der Waals surface area contributed by atoms with Crippen LogP contribution in [0.15, 0.2) is 42.6 Å². The van der Waals surface area contributed by atoms with Gasteiger partial charge < -0.3 is 19.4 Å².